The van der Waals surface area contributed by atoms with Crippen molar-refractivity contribution in [2.75, 3.05) is 13.6 Å². The molecule has 114 valence electrons. The molecule has 2 aromatic rings. The van der Waals surface area contributed by atoms with Crippen LogP contribution in [0.3, 0.4) is 0 Å². The Labute approximate surface area is 125 Å². The normalized spacial score (nSPS) is 14.1. The zero-order valence-electron chi connectivity index (χ0n) is 13.0. The first-order valence-electron chi connectivity index (χ1n) is 7.51. The molecule has 0 saturated heterocycles. The van der Waals surface area contributed by atoms with E-state index in [2.05, 4.69) is 6.92 Å². The third kappa shape index (κ3) is 3.45. The van der Waals surface area contributed by atoms with E-state index < -0.39 is 0 Å². The number of hydrogen-bond donors (Lipinski definition) is 1. The Morgan fingerprint density at radius 1 is 1.38 bits per heavy atom. The number of fused-ring (bicyclic) bond motifs is 1. The quantitative estimate of drug-likeness (QED) is 0.887. The summed E-state index contributed by atoms with van der Waals surface area (Å²) in [7, 11) is 1.82. The Bertz CT molecular complexity index is 569. The van der Waals surface area contributed by atoms with Crippen LogP contribution in [0.2, 0.25) is 0 Å². The molecule has 0 radical (unpaired) electrons. The van der Waals surface area contributed by atoms with Crippen molar-refractivity contribution in [2.45, 2.75) is 32.7 Å². The Hall–Kier alpha value is -1.81. The minimum Gasteiger partial charge on any atom is -0.459 e. The molecule has 1 aromatic carbocycles. The number of para-hydroxylation sites is 1. The molecule has 0 spiro atoms. The van der Waals surface area contributed by atoms with Gasteiger partial charge in [0.2, 0.25) is 5.91 Å². The molecule has 0 aliphatic heterocycles. The number of hydrogen-bond acceptors (Lipinski definition) is 3. The Kier molecular flexibility index (Phi) is 5.02. The largest absolute Gasteiger partial charge is 0.459 e. The number of nitrogens with two attached hydrogens (primary N) is 1. The summed E-state index contributed by atoms with van der Waals surface area (Å²) in [6.45, 7) is 4.60. The van der Waals surface area contributed by atoms with Crippen molar-refractivity contribution in [3.05, 3.63) is 36.1 Å². The van der Waals surface area contributed by atoms with Crippen LogP contribution in [0.1, 0.15) is 38.5 Å². The maximum Gasteiger partial charge on any atom is 0.223 e. The maximum atomic E-state index is 12.3. The molecule has 1 heterocycles. The molecule has 2 atom stereocenters. The standard InChI is InChI=1S/C17H24N2O2/c1-4-13(11-18)9-17(20)19(3)12(2)16-10-14-7-5-6-8-15(14)21-16/h5-8,10,12-13H,4,9,11,18H2,1-3H3. The summed E-state index contributed by atoms with van der Waals surface area (Å²) < 4.78 is 5.84. The number of rotatable bonds is 6. The van der Waals surface area contributed by atoms with Crippen molar-refractivity contribution in [1.82, 2.24) is 4.90 Å². The SMILES string of the molecule is CCC(CN)CC(=O)N(C)C(C)c1cc2ccccc2o1. The van der Waals surface area contributed by atoms with E-state index in [4.69, 9.17) is 10.2 Å². The zero-order chi connectivity index (χ0) is 15.4. The highest BCUT2D eigenvalue weighted by atomic mass is 16.3. The Balaban J connectivity index is 2.10. The van der Waals surface area contributed by atoms with E-state index in [-0.39, 0.29) is 17.9 Å². The van der Waals surface area contributed by atoms with Gasteiger partial charge in [-0.3, -0.25) is 4.79 Å². The van der Waals surface area contributed by atoms with Crippen LogP contribution in [0, 0.1) is 5.92 Å². The van der Waals surface area contributed by atoms with E-state index in [1.165, 1.54) is 0 Å². The summed E-state index contributed by atoms with van der Waals surface area (Å²) in [5, 5.41) is 1.06. The van der Waals surface area contributed by atoms with Gasteiger partial charge in [-0.1, -0.05) is 31.5 Å². The van der Waals surface area contributed by atoms with Crippen molar-refractivity contribution in [3.63, 3.8) is 0 Å². The van der Waals surface area contributed by atoms with Crippen LogP contribution in [0.4, 0.5) is 0 Å². The fraction of sp³-hybridized carbons (Fsp3) is 0.471. The fourth-order valence-corrected chi connectivity index (χ4v) is 2.40. The number of carbonyl (C=O) groups excluding carboxylic acids is 1. The molecule has 0 aliphatic carbocycles. The van der Waals surface area contributed by atoms with Crippen molar-refractivity contribution in [1.29, 1.82) is 0 Å². The van der Waals surface area contributed by atoms with Crippen LogP contribution in [-0.2, 0) is 4.79 Å². The van der Waals surface area contributed by atoms with Gasteiger partial charge < -0.3 is 15.1 Å². The van der Waals surface area contributed by atoms with Crippen molar-refractivity contribution < 1.29 is 9.21 Å². The molecule has 21 heavy (non-hydrogen) atoms. The number of benzene rings is 1. The molecular weight excluding hydrogens is 264 g/mol. The van der Waals surface area contributed by atoms with Crippen LogP contribution in [0.25, 0.3) is 11.0 Å². The zero-order valence-corrected chi connectivity index (χ0v) is 13.0. The van der Waals surface area contributed by atoms with Gasteiger partial charge >= 0.3 is 0 Å². The Morgan fingerprint density at radius 3 is 2.71 bits per heavy atom. The summed E-state index contributed by atoms with van der Waals surface area (Å²) in [6, 6.07) is 9.80. The fourth-order valence-electron chi connectivity index (χ4n) is 2.40. The highest BCUT2D eigenvalue weighted by Gasteiger charge is 2.22. The van der Waals surface area contributed by atoms with E-state index >= 15 is 0 Å². The van der Waals surface area contributed by atoms with E-state index in [1.54, 1.807) is 4.90 Å². The molecule has 1 amide bonds. The van der Waals surface area contributed by atoms with Gasteiger partial charge in [0, 0.05) is 18.9 Å². The van der Waals surface area contributed by atoms with Gasteiger partial charge in [-0.05, 0) is 31.5 Å². The van der Waals surface area contributed by atoms with Crippen LogP contribution in [-0.4, -0.2) is 24.4 Å². The minimum atomic E-state index is -0.0832. The first kappa shape index (κ1) is 15.6. The van der Waals surface area contributed by atoms with Gasteiger partial charge in [0.05, 0.1) is 6.04 Å². The van der Waals surface area contributed by atoms with Crippen LogP contribution in [0.5, 0.6) is 0 Å². The second-order valence-electron chi connectivity index (χ2n) is 5.58. The maximum absolute atomic E-state index is 12.3. The van der Waals surface area contributed by atoms with Gasteiger partial charge in [-0.15, -0.1) is 0 Å². The molecular formula is C17H24N2O2. The molecule has 4 nitrogen and oxygen atoms in total. The molecule has 0 bridgehead atoms. The summed E-state index contributed by atoms with van der Waals surface area (Å²) in [4.78, 5) is 14.1. The first-order chi connectivity index (χ1) is 10.1. The molecule has 2 rings (SSSR count). The van der Waals surface area contributed by atoms with Crippen LogP contribution < -0.4 is 5.73 Å². The van der Waals surface area contributed by atoms with E-state index in [0.717, 1.165) is 23.2 Å². The third-order valence-corrected chi connectivity index (χ3v) is 4.20. The highest BCUT2D eigenvalue weighted by molar-refractivity contribution is 5.79. The number of nitrogens with zero attached hydrogens (tertiary/aromatic N) is 1. The van der Waals surface area contributed by atoms with Gasteiger partial charge in [0.1, 0.15) is 11.3 Å². The predicted octanol–water partition coefficient (Wildman–Crippen LogP) is 3.33. The highest BCUT2D eigenvalue weighted by Crippen LogP contribution is 2.27. The topological polar surface area (TPSA) is 59.5 Å². The van der Waals surface area contributed by atoms with Gasteiger partial charge in [-0.2, -0.15) is 0 Å². The molecule has 0 saturated carbocycles. The van der Waals surface area contributed by atoms with Crippen molar-refractivity contribution in [3.8, 4) is 0 Å². The summed E-state index contributed by atoms with van der Waals surface area (Å²) >= 11 is 0. The van der Waals surface area contributed by atoms with Gasteiger partial charge in [0.25, 0.3) is 0 Å². The number of furan rings is 1. The monoisotopic (exact) mass is 288 g/mol. The van der Waals surface area contributed by atoms with E-state index in [1.807, 2.05) is 44.3 Å². The third-order valence-electron chi connectivity index (χ3n) is 4.20. The Morgan fingerprint density at radius 2 is 2.10 bits per heavy atom. The lowest BCUT2D eigenvalue weighted by Gasteiger charge is -2.25. The van der Waals surface area contributed by atoms with Crippen molar-refractivity contribution >= 4 is 16.9 Å². The summed E-state index contributed by atoms with van der Waals surface area (Å²) in [6.07, 6.45) is 1.42. The van der Waals surface area contributed by atoms with E-state index in [9.17, 15) is 4.79 Å². The average Bonchev–Trinajstić information content (AvgIpc) is 2.94. The molecule has 0 aliphatic rings. The smallest absolute Gasteiger partial charge is 0.223 e. The number of amides is 1. The minimum absolute atomic E-state index is 0.0832. The van der Waals surface area contributed by atoms with E-state index in [0.29, 0.717) is 13.0 Å². The van der Waals surface area contributed by atoms with Crippen LogP contribution in [0.15, 0.2) is 34.7 Å². The number of carbonyl (C=O) groups is 1. The predicted molar refractivity (Wildman–Crippen MR) is 84.9 cm³/mol. The summed E-state index contributed by atoms with van der Waals surface area (Å²) in [5.41, 5.74) is 6.54. The van der Waals surface area contributed by atoms with Gasteiger partial charge in [0.15, 0.2) is 0 Å². The lowest BCUT2D eigenvalue weighted by molar-refractivity contribution is -0.133. The molecule has 2 N–H and O–H groups in total. The average molecular weight is 288 g/mol. The first-order valence-corrected chi connectivity index (χ1v) is 7.51. The molecule has 1 aromatic heterocycles. The summed E-state index contributed by atoms with van der Waals surface area (Å²) in [5.74, 6) is 1.18. The molecule has 2 unspecified atom stereocenters. The van der Waals surface area contributed by atoms with Crippen molar-refractivity contribution in [2.24, 2.45) is 11.7 Å². The van der Waals surface area contributed by atoms with Gasteiger partial charge in [-0.25, -0.2) is 0 Å². The van der Waals surface area contributed by atoms with Crippen LogP contribution >= 0.6 is 0 Å². The lowest BCUT2D eigenvalue weighted by atomic mass is 10.0. The second kappa shape index (κ2) is 6.76. The second-order valence-corrected chi connectivity index (χ2v) is 5.58. The molecule has 0 fully saturated rings. The lowest BCUT2D eigenvalue weighted by Crippen LogP contribution is -2.32. The molecule has 4 heteroatoms.